The number of hydrogen-bond donors (Lipinski definition) is 3. The molecular formula is C7H11IO6. The van der Waals surface area contributed by atoms with Crippen LogP contribution in [0.3, 0.4) is 0 Å². The lowest BCUT2D eigenvalue weighted by molar-refractivity contribution is -0.293. The van der Waals surface area contributed by atoms with E-state index in [0.717, 1.165) is 7.11 Å². The number of aliphatic carboxylic acids is 1. The van der Waals surface area contributed by atoms with Crippen molar-refractivity contribution < 1.29 is 29.6 Å². The van der Waals surface area contributed by atoms with E-state index in [1.807, 2.05) is 0 Å². The normalized spacial score (nSPS) is 43.6. The van der Waals surface area contributed by atoms with Crippen molar-refractivity contribution >= 4 is 28.6 Å². The van der Waals surface area contributed by atoms with Crippen molar-refractivity contribution in [3.8, 4) is 0 Å². The van der Waals surface area contributed by atoms with E-state index in [2.05, 4.69) is 4.74 Å². The van der Waals surface area contributed by atoms with Crippen LogP contribution in [0.5, 0.6) is 0 Å². The molecule has 1 heterocycles. The highest BCUT2D eigenvalue weighted by atomic mass is 127. The summed E-state index contributed by atoms with van der Waals surface area (Å²) < 4.78 is 8.89. The summed E-state index contributed by atoms with van der Waals surface area (Å²) in [6.07, 6.45) is -2.30. The summed E-state index contributed by atoms with van der Waals surface area (Å²) in [5.41, 5.74) is 0. The Morgan fingerprint density at radius 3 is 2.64 bits per heavy atom. The summed E-state index contributed by atoms with van der Waals surface area (Å²) in [5.74, 6) is -3.47. The van der Waals surface area contributed by atoms with E-state index in [0.29, 0.717) is 0 Å². The number of hydrogen-bond acceptors (Lipinski definition) is 5. The summed E-state index contributed by atoms with van der Waals surface area (Å²) in [7, 11) is 1.14. The molecule has 0 aromatic heterocycles. The second-order valence-electron chi connectivity index (χ2n) is 2.94. The van der Waals surface area contributed by atoms with Crippen LogP contribution in [0.15, 0.2) is 0 Å². The van der Waals surface area contributed by atoms with E-state index in [1.54, 1.807) is 22.6 Å². The molecule has 0 spiro atoms. The van der Waals surface area contributed by atoms with Crippen LogP contribution in [0.25, 0.3) is 0 Å². The Bertz CT molecular complexity index is 234. The van der Waals surface area contributed by atoms with Crippen LogP contribution >= 0.6 is 22.6 Å². The topological polar surface area (TPSA) is 96.2 Å². The minimum atomic E-state index is -2.06. The Morgan fingerprint density at radius 1 is 1.64 bits per heavy atom. The molecule has 82 valence electrons. The van der Waals surface area contributed by atoms with Gasteiger partial charge in [0.2, 0.25) is 0 Å². The molecule has 0 radical (unpaired) electrons. The summed E-state index contributed by atoms with van der Waals surface area (Å²) in [6, 6.07) is 0. The molecule has 14 heavy (non-hydrogen) atoms. The van der Waals surface area contributed by atoms with Gasteiger partial charge in [0.25, 0.3) is 5.79 Å². The minimum Gasteiger partial charge on any atom is -0.477 e. The number of methoxy groups -OCH3 is 1. The van der Waals surface area contributed by atoms with Crippen LogP contribution < -0.4 is 0 Å². The van der Waals surface area contributed by atoms with Gasteiger partial charge in [-0.2, -0.15) is 0 Å². The van der Waals surface area contributed by atoms with Gasteiger partial charge in [-0.25, -0.2) is 4.79 Å². The van der Waals surface area contributed by atoms with Crippen molar-refractivity contribution in [2.45, 2.75) is 21.9 Å². The molecule has 0 amide bonds. The second-order valence-corrected chi connectivity index (χ2v) is 4.38. The zero-order valence-electron chi connectivity index (χ0n) is 7.38. The van der Waals surface area contributed by atoms with Gasteiger partial charge in [0.05, 0.1) is 16.6 Å². The minimum absolute atomic E-state index is 0.176. The summed E-state index contributed by atoms with van der Waals surface area (Å²) in [5, 5.41) is 27.8. The molecular weight excluding hydrogens is 307 g/mol. The number of halogens is 1. The predicted octanol–water partition coefficient (Wildman–Crippen LogP) is -1.03. The highest BCUT2D eigenvalue weighted by Gasteiger charge is 2.55. The molecule has 1 aliphatic heterocycles. The summed E-state index contributed by atoms with van der Waals surface area (Å²) in [6.45, 7) is -0.176. The number of aliphatic hydroxyl groups excluding tert-OH is 2. The van der Waals surface area contributed by atoms with Crippen LogP contribution in [0.4, 0.5) is 0 Å². The van der Waals surface area contributed by atoms with Crippen molar-refractivity contribution in [2.75, 3.05) is 13.7 Å². The monoisotopic (exact) mass is 318 g/mol. The standard InChI is InChI=1S/C7H11IO6/c1-13-7(6(11)12)5(10)4(8)3(9)2-14-7/h3-5,9-10H,2H2,1H3,(H,11,12). The first-order chi connectivity index (χ1) is 6.45. The first-order valence-corrected chi connectivity index (χ1v) is 5.13. The SMILES string of the molecule is COC1(C(=O)O)OCC(O)C(I)C1O. The van der Waals surface area contributed by atoms with Crippen molar-refractivity contribution in [1.82, 2.24) is 0 Å². The van der Waals surface area contributed by atoms with E-state index >= 15 is 0 Å². The fraction of sp³-hybridized carbons (Fsp3) is 0.857. The number of alkyl halides is 1. The maximum Gasteiger partial charge on any atom is 0.367 e. The smallest absolute Gasteiger partial charge is 0.367 e. The second kappa shape index (κ2) is 4.27. The molecule has 6 nitrogen and oxygen atoms in total. The van der Waals surface area contributed by atoms with Gasteiger partial charge in [-0.15, -0.1) is 0 Å². The van der Waals surface area contributed by atoms with Gasteiger partial charge >= 0.3 is 5.97 Å². The third-order valence-electron chi connectivity index (χ3n) is 2.13. The van der Waals surface area contributed by atoms with E-state index in [-0.39, 0.29) is 6.61 Å². The van der Waals surface area contributed by atoms with Crippen LogP contribution in [-0.4, -0.2) is 56.9 Å². The van der Waals surface area contributed by atoms with Crippen LogP contribution in [0.1, 0.15) is 0 Å². The zero-order chi connectivity index (χ0) is 10.9. The predicted molar refractivity (Wildman–Crippen MR) is 53.1 cm³/mol. The zero-order valence-corrected chi connectivity index (χ0v) is 9.54. The van der Waals surface area contributed by atoms with Gasteiger partial charge in [0.1, 0.15) is 6.10 Å². The fourth-order valence-electron chi connectivity index (χ4n) is 1.26. The largest absolute Gasteiger partial charge is 0.477 e. The molecule has 0 saturated carbocycles. The lowest BCUT2D eigenvalue weighted by atomic mass is 10.00. The molecule has 1 rings (SSSR count). The highest BCUT2D eigenvalue weighted by Crippen LogP contribution is 2.31. The third kappa shape index (κ3) is 1.74. The number of aliphatic hydroxyl groups is 2. The molecule has 0 bridgehead atoms. The van der Waals surface area contributed by atoms with Gasteiger partial charge in [0, 0.05) is 7.11 Å². The molecule has 0 aromatic carbocycles. The number of rotatable bonds is 2. The lowest BCUT2D eigenvalue weighted by Gasteiger charge is -2.40. The van der Waals surface area contributed by atoms with Crippen LogP contribution in [-0.2, 0) is 14.3 Å². The number of carboxylic acid groups (broad SMARTS) is 1. The first-order valence-electron chi connectivity index (χ1n) is 3.88. The van der Waals surface area contributed by atoms with Gasteiger partial charge in [-0.05, 0) is 0 Å². The molecule has 1 fully saturated rings. The van der Waals surface area contributed by atoms with E-state index < -0.39 is 27.9 Å². The van der Waals surface area contributed by atoms with Gasteiger partial charge in [-0.1, -0.05) is 22.6 Å². The van der Waals surface area contributed by atoms with Crippen LogP contribution in [0.2, 0.25) is 0 Å². The lowest BCUT2D eigenvalue weighted by Crippen LogP contribution is -2.63. The number of carbonyl (C=O) groups is 1. The molecule has 4 atom stereocenters. The quantitative estimate of drug-likeness (QED) is 0.445. The van der Waals surface area contributed by atoms with Crippen molar-refractivity contribution in [3.63, 3.8) is 0 Å². The Labute approximate surface area is 94.0 Å². The Kier molecular flexibility index (Phi) is 3.69. The average Bonchev–Trinajstić information content (AvgIpc) is 2.15. The molecule has 1 aliphatic rings. The fourth-order valence-corrected chi connectivity index (χ4v) is 1.94. The molecule has 1 saturated heterocycles. The van der Waals surface area contributed by atoms with Crippen molar-refractivity contribution in [3.05, 3.63) is 0 Å². The molecule has 0 aromatic rings. The van der Waals surface area contributed by atoms with E-state index in [1.165, 1.54) is 0 Å². The number of ether oxygens (including phenoxy) is 2. The van der Waals surface area contributed by atoms with Gasteiger partial charge in [0.15, 0.2) is 0 Å². The van der Waals surface area contributed by atoms with E-state index in [9.17, 15) is 15.0 Å². The van der Waals surface area contributed by atoms with Gasteiger partial charge in [-0.3, -0.25) is 0 Å². The summed E-state index contributed by atoms with van der Waals surface area (Å²) >= 11 is 1.77. The van der Waals surface area contributed by atoms with E-state index in [4.69, 9.17) is 9.84 Å². The van der Waals surface area contributed by atoms with Crippen molar-refractivity contribution in [2.24, 2.45) is 0 Å². The first kappa shape index (κ1) is 12.1. The maximum absolute atomic E-state index is 10.9. The Morgan fingerprint density at radius 2 is 2.21 bits per heavy atom. The number of carboxylic acids is 1. The van der Waals surface area contributed by atoms with Crippen molar-refractivity contribution in [1.29, 1.82) is 0 Å². The molecule has 3 N–H and O–H groups in total. The Balaban J connectivity index is 2.93. The summed E-state index contributed by atoms with van der Waals surface area (Å²) in [4.78, 5) is 10.9. The van der Waals surface area contributed by atoms with Crippen LogP contribution in [0, 0.1) is 0 Å². The molecule has 7 heteroatoms. The molecule has 4 unspecified atom stereocenters. The Hall–Kier alpha value is 0.0400. The third-order valence-corrected chi connectivity index (χ3v) is 3.64. The van der Waals surface area contributed by atoms with Gasteiger partial charge < -0.3 is 24.8 Å². The molecule has 0 aliphatic carbocycles. The average molecular weight is 318 g/mol. The maximum atomic E-state index is 10.9. The highest BCUT2D eigenvalue weighted by molar-refractivity contribution is 14.1.